The minimum absolute atomic E-state index is 0.00873. The molecule has 0 bridgehead atoms. The van der Waals surface area contributed by atoms with E-state index in [4.69, 9.17) is 11.6 Å². The summed E-state index contributed by atoms with van der Waals surface area (Å²) in [6, 6.07) is 2.74. The van der Waals surface area contributed by atoms with Crippen molar-refractivity contribution in [2.24, 2.45) is 0 Å². The largest absolute Gasteiger partial charge is 0.416 e. The first-order valence-corrected chi connectivity index (χ1v) is 7.65. The first kappa shape index (κ1) is 20.3. The van der Waals surface area contributed by atoms with E-state index in [1.807, 2.05) is 0 Å². The number of nitrogens with one attached hydrogen (secondary N) is 1. The lowest BCUT2D eigenvalue weighted by Crippen LogP contribution is -2.42. The molecule has 1 aromatic carbocycles. The second-order valence-corrected chi connectivity index (χ2v) is 6.79. The molecule has 1 aromatic rings. The SMILES string of the molecule is CC(=O)N(CCC(=O)NC(C)(C)C)c1cc(C(F)(F)F)ccc1Cl. The van der Waals surface area contributed by atoms with Gasteiger partial charge in [0.15, 0.2) is 0 Å². The van der Waals surface area contributed by atoms with Crippen LogP contribution in [0.15, 0.2) is 18.2 Å². The molecule has 0 saturated heterocycles. The third-order valence-corrected chi connectivity index (χ3v) is 3.34. The number of anilines is 1. The summed E-state index contributed by atoms with van der Waals surface area (Å²) in [4.78, 5) is 24.7. The van der Waals surface area contributed by atoms with Crippen LogP contribution in [0.3, 0.4) is 0 Å². The fourth-order valence-corrected chi connectivity index (χ4v) is 2.26. The van der Waals surface area contributed by atoms with Crippen molar-refractivity contribution in [3.05, 3.63) is 28.8 Å². The van der Waals surface area contributed by atoms with Gasteiger partial charge in [0.1, 0.15) is 0 Å². The molecule has 0 heterocycles. The number of nitrogens with zero attached hydrogens (tertiary/aromatic N) is 1. The zero-order valence-corrected chi connectivity index (χ0v) is 14.7. The molecule has 2 amide bonds. The molecule has 0 saturated carbocycles. The zero-order chi connectivity index (χ0) is 18.7. The van der Waals surface area contributed by atoms with Gasteiger partial charge >= 0.3 is 6.18 Å². The number of hydrogen-bond donors (Lipinski definition) is 1. The predicted molar refractivity (Wildman–Crippen MR) is 87.0 cm³/mol. The van der Waals surface area contributed by atoms with Gasteiger partial charge in [0, 0.05) is 25.4 Å². The van der Waals surface area contributed by atoms with Crippen molar-refractivity contribution in [1.82, 2.24) is 5.32 Å². The highest BCUT2D eigenvalue weighted by molar-refractivity contribution is 6.33. The van der Waals surface area contributed by atoms with Crippen LogP contribution in [0.2, 0.25) is 5.02 Å². The number of alkyl halides is 3. The van der Waals surface area contributed by atoms with E-state index in [1.165, 1.54) is 6.92 Å². The van der Waals surface area contributed by atoms with E-state index >= 15 is 0 Å². The quantitative estimate of drug-likeness (QED) is 0.877. The number of amides is 2. The molecular weight excluding hydrogens is 345 g/mol. The zero-order valence-electron chi connectivity index (χ0n) is 13.9. The van der Waals surface area contributed by atoms with Gasteiger partial charge in [0.05, 0.1) is 16.3 Å². The van der Waals surface area contributed by atoms with Crippen molar-refractivity contribution in [3.8, 4) is 0 Å². The molecule has 1 N–H and O–H groups in total. The van der Waals surface area contributed by atoms with Gasteiger partial charge in [-0.1, -0.05) is 11.6 Å². The highest BCUT2D eigenvalue weighted by atomic mass is 35.5. The van der Waals surface area contributed by atoms with Gasteiger partial charge in [0.2, 0.25) is 11.8 Å². The lowest BCUT2D eigenvalue weighted by molar-refractivity contribution is -0.137. The van der Waals surface area contributed by atoms with Gasteiger partial charge in [-0.25, -0.2) is 0 Å². The van der Waals surface area contributed by atoms with Crippen LogP contribution in [-0.2, 0) is 15.8 Å². The van der Waals surface area contributed by atoms with E-state index in [2.05, 4.69) is 5.32 Å². The van der Waals surface area contributed by atoms with E-state index in [9.17, 15) is 22.8 Å². The molecule has 1 rings (SSSR count). The van der Waals surface area contributed by atoms with Gasteiger partial charge in [-0.2, -0.15) is 13.2 Å². The number of halogens is 4. The third-order valence-electron chi connectivity index (χ3n) is 3.02. The predicted octanol–water partition coefficient (Wildman–Crippen LogP) is 4.02. The molecule has 0 aliphatic heterocycles. The summed E-state index contributed by atoms with van der Waals surface area (Å²) in [7, 11) is 0. The highest BCUT2D eigenvalue weighted by Crippen LogP contribution is 2.35. The fourth-order valence-electron chi connectivity index (χ4n) is 2.04. The lowest BCUT2D eigenvalue weighted by Gasteiger charge is -2.25. The van der Waals surface area contributed by atoms with Crippen LogP contribution in [0.5, 0.6) is 0 Å². The number of carbonyl (C=O) groups excluding carboxylic acids is 2. The Morgan fingerprint density at radius 3 is 2.25 bits per heavy atom. The van der Waals surface area contributed by atoms with Crippen molar-refractivity contribution in [2.75, 3.05) is 11.4 Å². The first-order valence-electron chi connectivity index (χ1n) is 7.27. The molecular formula is C16H20ClF3N2O2. The van der Waals surface area contributed by atoms with Crippen molar-refractivity contribution in [1.29, 1.82) is 0 Å². The Balaban J connectivity index is 3.01. The van der Waals surface area contributed by atoms with E-state index in [0.717, 1.165) is 23.1 Å². The molecule has 0 spiro atoms. The topological polar surface area (TPSA) is 49.4 Å². The Morgan fingerprint density at radius 2 is 1.79 bits per heavy atom. The minimum Gasteiger partial charge on any atom is -0.351 e. The summed E-state index contributed by atoms with van der Waals surface area (Å²) in [6.07, 6.45) is -4.60. The van der Waals surface area contributed by atoms with Gasteiger partial charge in [-0.15, -0.1) is 0 Å². The number of rotatable bonds is 4. The number of benzene rings is 1. The Labute approximate surface area is 144 Å². The van der Waals surface area contributed by atoms with E-state index in [-0.39, 0.29) is 29.6 Å². The van der Waals surface area contributed by atoms with Gasteiger partial charge in [0.25, 0.3) is 0 Å². The van der Waals surface area contributed by atoms with Gasteiger partial charge in [-0.05, 0) is 39.0 Å². The number of carbonyl (C=O) groups is 2. The molecule has 0 fully saturated rings. The monoisotopic (exact) mass is 364 g/mol. The third kappa shape index (κ3) is 6.03. The maximum absolute atomic E-state index is 12.9. The van der Waals surface area contributed by atoms with Crippen molar-refractivity contribution in [2.45, 2.75) is 45.8 Å². The average molecular weight is 365 g/mol. The van der Waals surface area contributed by atoms with Crippen LogP contribution in [0, 0.1) is 0 Å². The first-order chi connectivity index (χ1) is 10.8. The fraction of sp³-hybridized carbons (Fsp3) is 0.500. The molecule has 134 valence electrons. The molecule has 0 radical (unpaired) electrons. The molecule has 8 heteroatoms. The van der Waals surface area contributed by atoms with E-state index in [1.54, 1.807) is 20.8 Å². The standard InChI is InChI=1S/C16H20ClF3N2O2/c1-10(23)22(8-7-14(24)21-15(2,3)4)13-9-11(16(18,19)20)5-6-12(13)17/h5-6,9H,7-8H2,1-4H3,(H,21,24). The molecule has 0 aromatic heterocycles. The Bertz CT molecular complexity index is 625. The molecule has 0 atom stereocenters. The Morgan fingerprint density at radius 1 is 1.21 bits per heavy atom. The summed E-state index contributed by atoms with van der Waals surface area (Å²) in [5.41, 5.74) is -1.42. The molecule has 0 aliphatic rings. The Hall–Kier alpha value is -1.76. The normalized spacial score (nSPS) is 12.0. The van der Waals surface area contributed by atoms with Crippen molar-refractivity contribution < 1.29 is 22.8 Å². The average Bonchev–Trinajstić information content (AvgIpc) is 2.37. The maximum atomic E-state index is 12.9. The summed E-state index contributed by atoms with van der Waals surface area (Å²) >= 11 is 5.95. The number of hydrogen-bond acceptors (Lipinski definition) is 2. The van der Waals surface area contributed by atoms with Crippen LogP contribution in [-0.4, -0.2) is 23.9 Å². The molecule has 0 unspecified atom stereocenters. The summed E-state index contributed by atoms with van der Waals surface area (Å²) < 4.78 is 38.6. The summed E-state index contributed by atoms with van der Waals surface area (Å²) in [5.74, 6) is -0.809. The van der Waals surface area contributed by atoms with E-state index in [0.29, 0.717) is 0 Å². The molecule has 4 nitrogen and oxygen atoms in total. The van der Waals surface area contributed by atoms with Gasteiger partial charge in [-0.3, -0.25) is 9.59 Å². The van der Waals surface area contributed by atoms with Crippen LogP contribution in [0.4, 0.5) is 18.9 Å². The lowest BCUT2D eigenvalue weighted by atomic mass is 10.1. The summed E-state index contributed by atoms with van der Waals surface area (Å²) in [5, 5.41) is 2.73. The van der Waals surface area contributed by atoms with E-state index < -0.39 is 23.2 Å². The second-order valence-electron chi connectivity index (χ2n) is 6.38. The van der Waals surface area contributed by atoms with Crippen molar-refractivity contribution >= 4 is 29.1 Å². The maximum Gasteiger partial charge on any atom is 0.416 e. The van der Waals surface area contributed by atoms with Crippen molar-refractivity contribution in [3.63, 3.8) is 0 Å². The van der Waals surface area contributed by atoms with Crippen LogP contribution in [0.1, 0.15) is 39.7 Å². The summed E-state index contributed by atoms with van der Waals surface area (Å²) in [6.45, 7) is 6.54. The van der Waals surface area contributed by atoms with Crippen LogP contribution >= 0.6 is 11.6 Å². The smallest absolute Gasteiger partial charge is 0.351 e. The minimum atomic E-state index is -4.55. The van der Waals surface area contributed by atoms with Crippen LogP contribution in [0.25, 0.3) is 0 Å². The molecule has 0 aliphatic carbocycles. The molecule has 24 heavy (non-hydrogen) atoms. The second kappa shape index (κ2) is 7.42. The van der Waals surface area contributed by atoms with Crippen LogP contribution < -0.4 is 10.2 Å². The highest BCUT2D eigenvalue weighted by Gasteiger charge is 2.32. The Kier molecular flexibility index (Phi) is 6.27. The van der Waals surface area contributed by atoms with Gasteiger partial charge < -0.3 is 10.2 Å².